The van der Waals surface area contributed by atoms with Gasteiger partial charge in [0, 0.05) is 50.4 Å². The highest BCUT2D eigenvalue weighted by molar-refractivity contribution is 7.15. The van der Waals surface area contributed by atoms with Gasteiger partial charge in [-0.25, -0.2) is 9.78 Å². The summed E-state index contributed by atoms with van der Waals surface area (Å²) >= 11 is 1.77. The second-order valence-corrected chi connectivity index (χ2v) is 9.31. The molecule has 3 aliphatic heterocycles. The Balaban J connectivity index is 1.23. The average molecular weight is 429 g/mol. The first-order chi connectivity index (χ1) is 14.7. The van der Waals surface area contributed by atoms with Gasteiger partial charge in [-0.15, -0.1) is 0 Å². The third-order valence-electron chi connectivity index (χ3n) is 6.47. The molecule has 0 saturated carbocycles. The average Bonchev–Trinajstić information content (AvgIpc) is 3.23. The van der Waals surface area contributed by atoms with Gasteiger partial charge in [-0.05, 0) is 18.7 Å². The van der Waals surface area contributed by atoms with Crippen molar-refractivity contribution in [3.05, 3.63) is 40.4 Å². The SMILES string of the molecule is CCN1CCN(c2nc3c(s2)CN(C(=O)[NH2+]C2CCOc4ccccc42)CC3)CC1. The molecule has 2 N–H and O–H groups in total. The monoisotopic (exact) mass is 428 g/mol. The van der Waals surface area contributed by atoms with Crippen molar-refractivity contribution in [2.45, 2.75) is 32.4 Å². The second-order valence-electron chi connectivity index (χ2n) is 8.25. The van der Waals surface area contributed by atoms with Crippen molar-refractivity contribution in [1.29, 1.82) is 0 Å². The number of fused-ring (bicyclic) bond motifs is 2. The number of benzene rings is 1. The number of thiazole rings is 1. The summed E-state index contributed by atoms with van der Waals surface area (Å²) in [5.41, 5.74) is 2.31. The molecular formula is C22H30N5O2S+. The minimum atomic E-state index is 0.133. The highest BCUT2D eigenvalue weighted by Crippen LogP contribution is 2.32. The predicted octanol–water partition coefficient (Wildman–Crippen LogP) is 1.85. The van der Waals surface area contributed by atoms with E-state index in [1.165, 1.54) is 10.6 Å². The van der Waals surface area contributed by atoms with E-state index < -0.39 is 0 Å². The Kier molecular flexibility index (Phi) is 5.62. The number of rotatable bonds is 3. The topological polar surface area (TPSA) is 65.5 Å². The Morgan fingerprint density at radius 2 is 2.07 bits per heavy atom. The molecule has 7 nitrogen and oxygen atoms in total. The number of nitrogens with zero attached hydrogens (tertiary/aromatic N) is 4. The van der Waals surface area contributed by atoms with Crippen molar-refractivity contribution in [2.75, 3.05) is 50.8 Å². The number of carbonyl (C=O) groups excluding carboxylic acids is 1. The van der Waals surface area contributed by atoms with Crippen LogP contribution in [0, 0.1) is 0 Å². The highest BCUT2D eigenvalue weighted by atomic mass is 32.1. The number of carbonyl (C=O) groups is 1. The molecule has 30 heavy (non-hydrogen) atoms. The number of quaternary nitrogens is 1. The Bertz CT molecular complexity index is 909. The van der Waals surface area contributed by atoms with E-state index in [4.69, 9.17) is 9.72 Å². The van der Waals surface area contributed by atoms with Crippen molar-refractivity contribution in [2.24, 2.45) is 0 Å². The second kappa shape index (κ2) is 8.53. The third-order valence-corrected chi connectivity index (χ3v) is 7.61. The van der Waals surface area contributed by atoms with E-state index in [1.54, 1.807) is 11.3 Å². The summed E-state index contributed by atoms with van der Waals surface area (Å²) in [6, 6.07) is 8.34. The summed E-state index contributed by atoms with van der Waals surface area (Å²) in [6.45, 7) is 9.73. The van der Waals surface area contributed by atoms with Crippen LogP contribution >= 0.6 is 11.3 Å². The number of hydrogen-bond donors (Lipinski definition) is 1. The first kappa shape index (κ1) is 19.8. The number of urea groups is 1. The van der Waals surface area contributed by atoms with Crippen LogP contribution in [-0.4, -0.2) is 66.7 Å². The van der Waals surface area contributed by atoms with Crippen LogP contribution < -0.4 is 15.0 Å². The number of hydrogen-bond acceptors (Lipinski definition) is 6. The zero-order valence-electron chi connectivity index (χ0n) is 17.5. The van der Waals surface area contributed by atoms with Crippen LogP contribution in [0.15, 0.2) is 24.3 Å². The van der Waals surface area contributed by atoms with E-state index in [1.807, 2.05) is 28.4 Å². The summed E-state index contributed by atoms with van der Waals surface area (Å²) in [4.78, 5) is 26.1. The molecule has 2 aromatic rings. The van der Waals surface area contributed by atoms with Gasteiger partial charge in [0.2, 0.25) is 0 Å². The Labute approximate surface area is 181 Å². The number of primary amides is 1. The van der Waals surface area contributed by atoms with E-state index in [0.29, 0.717) is 13.2 Å². The molecule has 3 aliphatic rings. The van der Waals surface area contributed by atoms with E-state index in [2.05, 4.69) is 22.8 Å². The van der Waals surface area contributed by atoms with Gasteiger partial charge in [0.25, 0.3) is 0 Å². The normalized spacial score (nSPS) is 21.7. The molecule has 8 heteroatoms. The number of likely N-dealkylation sites (N-methyl/N-ethyl adjacent to an activating group) is 1. The fourth-order valence-electron chi connectivity index (χ4n) is 4.58. The molecule has 0 aliphatic carbocycles. The lowest BCUT2D eigenvalue weighted by Crippen LogP contribution is -2.92. The largest absolute Gasteiger partial charge is 0.493 e. The van der Waals surface area contributed by atoms with Crippen molar-refractivity contribution >= 4 is 22.5 Å². The minimum Gasteiger partial charge on any atom is -0.493 e. The van der Waals surface area contributed by atoms with Crippen LogP contribution in [0.3, 0.4) is 0 Å². The summed E-state index contributed by atoms with van der Waals surface area (Å²) < 4.78 is 5.74. The fourth-order valence-corrected chi connectivity index (χ4v) is 5.75. The fraction of sp³-hybridized carbons (Fsp3) is 0.545. The van der Waals surface area contributed by atoms with Crippen molar-refractivity contribution in [1.82, 2.24) is 14.8 Å². The van der Waals surface area contributed by atoms with E-state index in [0.717, 1.165) is 68.6 Å². The molecule has 1 saturated heterocycles. The molecule has 5 rings (SSSR count). The number of aromatic nitrogens is 1. The lowest BCUT2D eigenvalue weighted by atomic mass is 10.0. The molecular weight excluding hydrogens is 398 g/mol. The van der Waals surface area contributed by atoms with Crippen LogP contribution in [0.5, 0.6) is 5.75 Å². The maximum atomic E-state index is 13.1. The van der Waals surface area contributed by atoms with Gasteiger partial charge >= 0.3 is 6.03 Å². The number of nitrogens with two attached hydrogens (primary N) is 1. The van der Waals surface area contributed by atoms with Crippen molar-refractivity contribution in [3.8, 4) is 5.75 Å². The lowest BCUT2D eigenvalue weighted by molar-refractivity contribution is -0.610. The van der Waals surface area contributed by atoms with Gasteiger partial charge in [-0.3, -0.25) is 10.2 Å². The van der Waals surface area contributed by atoms with Crippen LogP contribution in [0.1, 0.15) is 35.5 Å². The van der Waals surface area contributed by atoms with Gasteiger partial charge < -0.3 is 14.5 Å². The van der Waals surface area contributed by atoms with Crippen LogP contribution in [0.25, 0.3) is 0 Å². The van der Waals surface area contributed by atoms with Crippen LogP contribution in [0.2, 0.25) is 0 Å². The standard InChI is InChI=1S/C22H29N5O2S/c1-2-25-10-12-26(13-11-25)22-24-18-7-9-27(15-20(18)30-22)21(28)23-17-8-14-29-19-6-4-3-5-16(17)19/h3-6,17H,2,7-15H2,1H3,(H,23,28)/p+1. The lowest BCUT2D eigenvalue weighted by Gasteiger charge is -2.33. The summed E-state index contributed by atoms with van der Waals surface area (Å²) in [5.74, 6) is 0.911. The number of ether oxygens (including phenoxy) is 1. The molecule has 0 spiro atoms. The van der Waals surface area contributed by atoms with E-state index in [-0.39, 0.29) is 12.1 Å². The molecule has 4 heterocycles. The molecule has 1 aromatic heterocycles. The summed E-state index contributed by atoms with van der Waals surface area (Å²) in [5, 5.41) is 3.03. The number of anilines is 1. The molecule has 1 aromatic carbocycles. The predicted molar refractivity (Wildman–Crippen MR) is 117 cm³/mol. The van der Waals surface area contributed by atoms with Crippen molar-refractivity contribution < 1.29 is 14.8 Å². The van der Waals surface area contributed by atoms with Gasteiger partial charge in [-0.1, -0.05) is 30.4 Å². The molecule has 1 fully saturated rings. The van der Waals surface area contributed by atoms with Crippen LogP contribution in [-0.2, 0) is 13.0 Å². The summed E-state index contributed by atoms with van der Waals surface area (Å²) in [6.07, 6.45) is 1.71. The van der Waals surface area contributed by atoms with E-state index >= 15 is 0 Å². The number of piperazine rings is 1. The van der Waals surface area contributed by atoms with Gasteiger partial charge in [0.05, 0.1) is 24.4 Å². The Morgan fingerprint density at radius 3 is 2.90 bits per heavy atom. The highest BCUT2D eigenvalue weighted by Gasteiger charge is 2.32. The Hall–Kier alpha value is -2.16. The molecule has 0 radical (unpaired) electrons. The number of para-hydroxylation sites is 1. The first-order valence-electron chi connectivity index (χ1n) is 11.0. The molecule has 0 bridgehead atoms. The zero-order valence-corrected chi connectivity index (χ0v) is 18.4. The van der Waals surface area contributed by atoms with Crippen LogP contribution in [0.4, 0.5) is 9.93 Å². The zero-order chi connectivity index (χ0) is 20.5. The maximum absolute atomic E-state index is 13.1. The van der Waals surface area contributed by atoms with Gasteiger partial charge in [0.1, 0.15) is 11.8 Å². The quantitative estimate of drug-likeness (QED) is 0.808. The molecule has 160 valence electrons. The maximum Gasteiger partial charge on any atom is 0.416 e. The third kappa shape index (κ3) is 3.91. The van der Waals surface area contributed by atoms with Gasteiger partial charge in [0.15, 0.2) is 5.13 Å². The molecule has 1 unspecified atom stereocenters. The van der Waals surface area contributed by atoms with Crippen molar-refractivity contribution in [3.63, 3.8) is 0 Å². The smallest absolute Gasteiger partial charge is 0.416 e. The minimum absolute atomic E-state index is 0.133. The molecule has 1 atom stereocenters. The Morgan fingerprint density at radius 1 is 1.23 bits per heavy atom. The summed E-state index contributed by atoms with van der Waals surface area (Å²) in [7, 11) is 0. The molecule has 2 amide bonds. The van der Waals surface area contributed by atoms with Gasteiger partial charge in [-0.2, -0.15) is 0 Å². The first-order valence-corrected chi connectivity index (χ1v) is 11.8. The van der Waals surface area contributed by atoms with E-state index in [9.17, 15) is 4.79 Å². The number of amides is 2.